The third-order valence-electron chi connectivity index (χ3n) is 5.83. The van der Waals surface area contributed by atoms with Gasteiger partial charge in [0, 0.05) is 26.2 Å². The highest BCUT2D eigenvalue weighted by atomic mass is 16.7. The highest BCUT2D eigenvalue weighted by molar-refractivity contribution is 6.62. The molecule has 1 aromatic rings. The number of amides is 1. The predicted octanol–water partition coefficient (Wildman–Crippen LogP) is 3.91. The Hall–Kier alpha value is -1.83. The first-order chi connectivity index (χ1) is 14.6. The monoisotopic (exact) mass is 431 g/mol. The van der Waals surface area contributed by atoms with E-state index in [1.165, 1.54) is 6.08 Å². The Morgan fingerprint density at radius 2 is 1.55 bits per heavy atom. The summed E-state index contributed by atoms with van der Waals surface area (Å²) in [6, 6.07) is 6.03. The Morgan fingerprint density at radius 1 is 1.03 bits per heavy atom. The molecular formula is C24H42BN3O3. The molecule has 0 bridgehead atoms. The van der Waals surface area contributed by atoms with Crippen LogP contribution in [0.2, 0.25) is 0 Å². The topological polar surface area (TPSA) is 54.0 Å². The first-order valence-electron chi connectivity index (χ1n) is 11.5. The van der Waals surface area contributed by atoms with Crippen molar-refractivity contribution in [3.63, 3.8) is 0 Å². The zero-order chi connectivity index (χ0) is 23.8. The second-order valence-electron chi connectivity index (χ2n) is 8.35. The molecule has 6 nitrogen and oxygen atoms in total. The average Bonchev–Trinajstić information content (AvgIpc) is 2.98. The van der Waals surface area contributed by atoms with Gasteiger partial charge in [-0.2, -0.15) is 0 Å². The van der Waals surface area contributed by atoms with Gasteiger partial charge in [0.05, 0.1) is 22.6 Å². The van der Waals surface area contributed by atoms with E-state index in [1.54, 1.807) is 0 Å². The molecule has 3 rings (SSSR count). The van der Waals surface area contributed by atoms with E-state index in [1.807, 2.05) is 73.6 Å². The largest absolute Gasteiger partial charge is 0.494 e. The molecular weight excluding hydrogens is 389 g/mol. The zero-order valence-electron chi connectivity index (χ0n) is 21.0. The van der Waals surface area contributed by atoms with Crippen molar-refractivity contribution in [2.24, 2.45) is 0 Å². The molecule has 7 heteroatoms. The highest BCUT2D eigenvalue weighted by Gasteiger charge is 2.51. The maximum absolute atomic E-state index is 12.0. The van der Waals surface area contributed by atoms with Gasteiger partial charge in [-0.25, -0.2) is 0 Å². The van der Waals surface area contributed by atoms with E-state index in [-0.39, 0.29) is 5.91 Å². The van der Waals surface area contributed by atoms with E-state index < -0.39 is 18.3 Å². The summed E-state index contributed by atoms with van der Waals surface area (Å²) in [6.45, 7) is 23.5. The second-order valence-corrected chi connectivity index (χ2v) is 8.35. The van der Waals surface area contributed by atoms with E-state index in [2.05, 4.69) is 28.7 Å². The third kappa shape index (κ3) is 6.58. The molecule has 2 aliphatic heterocycles. The van der Waals surface area contributed by atoms with Crippen molar-refractivity contribution < 1.29 is 14.1 Å². The van der Waals surface area contributed by atoms with Crippen molar-refractivity contribution in [2.45, 2.75) is 66.6 Å². The highest BCUT2D eigenvalue weighted by Crippen LogP contribution is 2.37. The van der Waals surface area contributed by atoms with E-state index in [4.69, 9.17) is 9.31 Å². The summed E-state index contributed by atoms with van der Waals surface area (Å²) in [6.07, 6.45) is 1.29. The summed E-state index contributed by atoms with van der Waals surface area (Å²) in [7, 11) is 1.66. The molecule has 0 unspecified atom stereocenters. The van der Waals surface area contributed by atoms with Gasteiger partial charge in [0.15, 0.2) is 0 Å². The summed E-state index contributed by atoms with van der Waals surface area (Å²) in [5, 5.41) is 2.95. The van der Waals surface area contributed by atoms with Crippen molar-refractivity contribution in [1.29, 1.82) is 0 Å². The van der Waals surface area contributed by atoms with Crippen LogP contribution >= 0.6 is 0 Å². The number of nitrogens with zero attached hydrogens (tertiary/aromatic N) is 2. The van der Waals surface area contributed by atoms with Crippen LogP contribution in [0.25, 0.3) is 0 Å². The normalized spacial score (nSPS) is 19.5. The van der Waals surface area contributed by atoms with Gasteiger partial charge < -0.3 is 24.4 Å². The third-order valence-corrected chi connectivity index (χ3v) is 5.83. The smallest absolute Gasteiger partial charge is 0.399 e. The Balaban J connectivity index is 0.00000113. The first kappa shape index (κ1) is 27.2. The van der Waals surface area contributed by atoms with Crippen LogP contribution < -0.4 is 15.7 Å². The van der Waals surface area contributed by atoms with Crippen LogP contribution in [0.1, 0.15) is 55.4 Å². The van der Waals surface area contributed by atoms with Gasteiger partial charge in [0.25, 0.3) is 0 Å². The zero-order valence-corrected chi connectivity index (χ0v) is 21.0. The fraction of sp³-hybridized carbons (Fsp3) is 0.625. The molecule has 0 spiro atoms. The lowest BCUT2D eigenvalue weighted by Crippen LogP contribution is -2.45. The summed E-state index contributed by atoms with van der Waals surface area (Å²) >= 11 is 0. The molecule has 2 aliphatic rings. The number of likely N-dealkylation sites (N-methyl/N-ethyl adjacent to an activating group) is 1. The number of carbonyl (C=O) groups excluding carboxylic acids is 1. The van der Waals surface area contributed by atoms with Crippen molar-refractivity contribution in [2.75, 3.05) is 43.4 Å². The lowest BCUT2D eigenvalue weighted by molar-refractivity contribution is -0.111. The minimum atomic E-state index is -0.462. The van der Waals surface area contributed by atoms with Gasteiger partial charge in [-0.1, -0.05) is 40.3 Å². The summed E-state index contributed by atoms with van der Waals surface area (Å²) in [4.78, 5) is 16.6. The van der Waals surface area contributed by atoms with Gasteiger partial charge in [-0.15, -0.1) is 0 Å². The molecule has 0 atom stereocenters. The van der Waals surface area contributed by atoms with E-state index in [0.29, 0.717) is 0 Å². The van der Waals surface area contributed by atoms with Crippen molar-refractivity contribution in [1.82, 2.24) is 4.90 Å². The predicted molar refractivity (Wildman–Crippen MR) is 133 cm³/mol. The lowest BCUT2D eigenvalue weighted by atomic mass is 9.78. The fourth-order valence-corrected chi connectivity index (χ4v) is 3.29. The number of rotatable bonds is 4. The minimum absolute atomic E-state index is 0.226. The van der Waals surface area contributed by atoms with Crippen molar-refractivity contribution in [3.8, 4) is 0 Å². The fourth-order valence-electron chi connectivity index (χ4n) is 3.29. The molecule has 1 N–H and O–H groups in total. The molecule has 2 fully saturated rings. The number of carbonyl (C=O) groups is 1. The van der Waals surface area contributed by atoms with E-state index >= 15 is 0 Å². The molecule has 2 saturated heterocycles. The summed E-state index contributed by atoms with van der Waals surface area (Å²) in [5.74, 6) is -0.226. The van der Waals surface area contributed by atoms with Gasteiger partial charge in [0.1, 0.15) is 0 Å². The molecule has 31 heavy (non-hydrogen) atoms. The van der Waals surface area contributed by atoms with E-state index in [9.17, 15) is 4.79 Å². The van der Waals surface area contributed by atoms with Gasteiger partial charge in [-0.05, 0) is 58.4 Å². The van der Waals surface area contributed by atoms with Crippen LogP contribution in [0.5, 0.6) is 0 Å². The Bertz CT molecular complexity index is 713. The number of hydrogen-bond acceptors (Lipinski definition) is 5. The second kappa shape index (κ2) is 11.7. The maximum Gasteiger partial charge on any atom is 0.494 e. The molecule has 1 aromatic carbocycles. The quantitative estimate of drug-likeness (QED) is 0.579. The van der Waals surface area contributed by atoms with Crippen LogP contribution in [0.3, 0.4) is 0 Å². The number of benzene rings is 1. The van der Waals surface area contributed by atoms with Crippen LogP contribution in [-0.2, 0) is 14.1 Å². The summed E-state index contributed by atoms with van der Waals surface area (Å²) < 4.78 is 12.3. The van der Waals surface area contributed by atoms with Crippen LogP contribution in [0.4, 0.5) is 11.4 Å². The molecule has 0 saturated carbocycles. The molecule has 2 heterocycles. The Kier molecular flexibility index (Phi) is 10.3. The minimum Gasteiger partial charge on any atom is -0.399 e. The molecule has 174 valence electrons. The maximum atomic E-state index is 12.0. The Morgan fingerprint density at radius 3 is 2.03 bits per heavy atom. The molecule has 1 amide bonds. The lowest BCUT2D eigenvalue weighted by Gasteiger charge is -2.35. The Labute approximate surface area is 190 Å². The summed E-state index contributed by atoms with van der Waals surface area (Å²) in [5.41, 5.74) is 1.86. The standard InChI is InChI=1S/C20H30BN3O3.2C2H6/c1-7-18(25)22-16-14-15(21-26-19(2,3)20(4,5)27-21)8-9-17(16)24-12-10-23(6)11-13-24;2*1-2/h7-9,14H,1,10-13H2,2-6H3,(H,22,25);2*1-2H3. The number of hydrogen-bond donors (Lipinski definition) is 1. The number of anilines is 2. The van der Waals surface area contributed by atoms with E-state index in [0.717, 1.165) is 43.0 Å². The van der Waals surface area contributed by atoms with Crippen LogP contribution in [0, 0.1) is 0 Å². The first-order valence-corrected chi connectivity index (χ1v) is 11.5. The van der Waals surface area contributed by atoms with Crippen LogP contribution in [0.15, 0.2) is 30.9 Å². The van der Waals surface area contributed by atoms with Gasteiger partial charge >= 0.3 is 7.12 Å². The van der Waals surface area contributed by atoms with Gasteiger partial charge in [-0.3, -0.25) is 4.79 Å². The van der Waals surface area contributed by atoms with Crippen molar-refractivity contribution in [3.05, 3.63) is 30.9 Å². The molecule has 0 aliphatic carbocycles. The average molecular weight is 431 g/mol. The number of piperazine rings is 1. The van der Waals surface area contributed by atoms with Gasteiger partial charge in [0.2, 0.25) is 5.91 Å². The molecule has 0 radical (unpaired) electrons. The van der Waals surface area contributed by atoms with Crippen molar-refractivity contribution >= 4 is 29.9 Å². The number of nitrogens with one attached hydrogen (secondary N) is 1. The molecule has 0 aromatic heterocycles. The van der Waals surface area contributed by atoms with Crippen LogP contribution in [-0.4, -0.2) is 62.4 Å². The SMILES string of the molecule is C=CC(=O)Nc1cc(B2OC(C)(C)C(C)(C)O2)ccc1N1CCN(C)CC1.CC.CC.